The number of nitrogens with one attached hydrogen (secondary N) is 1. The summed E-state index contributed by atoms with van der Waals surface area (Å²) in [5, 5.41) is 23.3. The smallest absolute Gasteiger partial charge is 0.162 e. The van der Waals surface area contributed by atoms with Crippen molar-refractivity contribution < 1.29 is 10.2 Å². The van der Waals surface area contributed by atoms with E-state index in [-0.39, 0.29) is 42.4 Å². The highest BCUT2D eigenvalue weighted by Crippen LogP contribution is 2.38. The van der Waals surface area contributed by atoms with E-state index in [9.17, 15) is 10.2 Å². The molecule has 1 atom stereocenters. The van der Waals surface area contributed by atoms with Gasteiger partial charge in [-0.2, -0.15) is 0 Å². The van der Waals surface area contributed by atoms with Gasteiger partial charge >= 0.3 is 0 Å². The maximum Gasteiger partial charge on any atom is 0.162 e. The first-order valence-electron chi connectivity index (χ1n) is 7.55. The predicted molar refractivity (Wildman–Crippen MR) is 95.5 cm³/mol. The molecule has 1 fully saturated rings. The number of rotatable bonds is 5. The first-order chi connectivity index (χ1) is 9.59. The molecule has 0 unspecified atom stereocenters. The van der Waals surface area contributed by atoms with Gasteiger partial charge in [-0.3, -0.25) is 4.90 Å². The number of phenols is 2. The average molecular weight is 351 g/mol. The quantitative estimate of drug-likeness (QED) is 0.713. The van der Waals surface area contributed by atoms with Crippen molar-refractivity contribution in [3.8, 4) is 11.5 Å². The van der Waals surface area contributed by atoms with Crippen LogP contribution in [0.5, 0.6) is 11.5 Å². The summed E-state index contributed by atoms with van der Waals surface area (Å²) in [4.78, 5) is 2.41. The van der Waals surface area contributed by atoms with Crippen LogP contribution in [0.4, 0.5) is 0 Å². The molecule has 0 saturated carbocycles. The van der Waals surface area contributed by atoms with Gasteiger partial charge in [-0.15, -0.1) is 24.8 Å². The molecular weight excluding hydrogens is 323 g/mol. The highest BCUT2D eigenvalue weighted by atomic mass is 35.5. The van der Waals surface area contributed by atoms with E-state index in [1.807, 2.05) is 12.1 Å². The van der Waals surface area contributed by atoms with Crippen LogP contribution in [-0.4, -0.2) is 41.3 Å². The van der Waals surface area contributed by atoms with E-state index in [1.165, 1.54) is 6.07 Å². The Bertz CT molecular complexity index is 438. The van der Waals surface area contributed by atoms with Gasteiger partial charge in [-0.05, 0) is 24.8 Å². The molecular formula is C16H28Cl2N2O2. The van der Waals surface area contributed by atoms with Crippen LogP contribution < -0.4 is 5.32 Å². The van der Waals surface area contributed by atoms with Crippen molar-refractivity contribution in [1.82, 2.24) is 10.2 Å². The molecule has 3 N–H and O–H groups in total. The molecule has 0 amide bonds. The Kier molecular flexibility index (Phi) is 9.85. The molecule has 4 nitrogen and oxygen atoms in total. The number of piperazine rings is 1. The summed E-state index contributed by atoms with van der Waals surface area (Å²) in [5.74, 6) is 0.659. The van der Waals surface area contributed by atoms with Crippen LogP contribution >= 0.6 is 24.8 Å². The fourth-order valence-corrected chi connectivity index (χ4v) is 2.84. The van der Waals surface area contributed by atoms with Crippen LogP contribution in [0, 0.1) is 5.92 Å². The van der Waals surface area contributed by atoms with Crippen LogP contribution in [0.25, 0.3) is 0 Å². The Hall–Kier alpha value is -0.680. The largest absolute Gasteiger partial charge is 0.504 e. The summed E-state index contributed by atoms with van der Waals surface area (Å²) in [6, 6.07) is 5.47. The number of hydrogen-bond donors (Lipinski definition) is 3. The lowest BCUT2D eigenvalue weighted by Crippen LogP contribution is -2.45. The van der Waals surface area contributed by atoms with Crippen LogP contribution in [-0.2, 0) is 0 Å². The van der Waals surface area contributed by atoms with Crippen molar-refractivity contribution in [2.45, 2.75) is 32.7 Å². The normalized spacial score (nSPS) is 16.7. The highest BCUT2D eigenvalue weighted by molar-refractivity contribution is 5.85. The molecule has 0 bridgehead atoms. The summed E-state index contributed by atoms with van der Waals surface area (Å²) in [7, 11) is 0. The molecule has 1 aromatic carbocycles. The molecule has 1 aliphatic heterocycles. The fraction of sp³-hybridized carbons (Fsp3) is 0.625. The third kappa shape index (κ3) is 5.51. The standard InChI is InChI=1S/C16H26N2O2.2ClH/c1-12(2)6-7-14(18-10-8-17-9-11-18)13-4-3-5-15(19)16(13)20;;/h3-5,12,14,17,19-20H,6-11H2,1-2H3;2*1H/t14-;;/m0../s1. The van der Waals surface area contributed by atoms with E-state index in [4.69, 9.17) is 0 Å². The highest BCUT2D eigenvalue weighted by Gasteiger charge is 2.25. The molecule has 128 valence electrons. The topological polar surface area (TPSA) is 55.7 Å². The zero-order valence-corrected chi connectivity index (χ0v) is 14.9. The molecule has 1 heterocycles. The third-order valence-electron chi connectivity index (χ3n) is 4.01. The number of hydrogen-bond acceptors (Lipinski definition) is 4. The number of halogens is 2. The van der Waals surface area contributed by atoms with E-state index in [0.717, 1.165) is 44.6 Å². The second-order valence-corrected chi connectivity index (χ2v) is 5.99. The summed E-state index contributed by atoms with van der Waals surface area (Å²) in [5.41, 5.74) is 0.854. The van der Waals surface area contributed by atoms with E-state index < -0.39 is 0 Å². The van der Waals surface area contributed by atoms with E-state index in [0.29, 0.717) is 5.92 Å². The maximum absolute atomic E-state index is 10.2. The van der Waals surface area contributed by atoms with Gasteiger partial charge in [0.1, 0.15) is 0 Å². The van der Waals surface area contributed by atoms with Gasteiger partial charge < -0.3 is 15.5 Å². The molecule has 1 aliphatic rings. The van der Waals surface area contributed by atoms with Gasteiger partial charge in [0.15, 0.2) is 11.5 Å². The minimum atomic E-state index is -0.0211. The van der Waals surface area contributed by atoms with Crippen LogP contribution in [0.2, 0.25) is 0 Å². The van der Waals surface area contributed by atoms with Crippen molar-refractivity contribution >= 4 is 24.8 Å². The van der Waals surface area contributed by atoms with Gasteiger partial charge in [-0.1, -0.05) is 26.0 Å². The number of para-hydroxylation sites is 1. The number of aromatic hydroxyl groups is 2. The minimum absolute atomic E-state index is 0. The second kappa shape index (κ2) is 10.2. The summed E-state index contributed by atoms with van der Waals surface area (Å²) >= 11 is 0. The molecule has 1 saturated heterocycles. The average Bonchev–Trinajstić information content (AvgIpc) is 2.44. The first-order valence-corrected chi connectivity index (χ1v) is 7.55. The monoisotopic (exact) mass is 350 g/mol. The first kappa shape index (κ1) is 21.3. The lowest BCUT2D eigenvalue weighted by Gasteiger charge is -2.36. The number of benzene rings is 1. The molecule has 6 heteroatoms. The lowest BCUT2D eigenvalue weighted by atomic mass is 9.95. The molecule has 22 heavy (non-hydrogen) atoms. The third-order valence-corrected chi connectivity index (χ3v) is 4.01. The molecule has 0 radical (unpaired) electrons. The molecule has 0 spiro atoms. The Morgan fingerprint density at radius 3 is 2.32 bits per heavy atom. The van der Waals surface area contributed by atoms with E-state index >= 15 is 0 Å². The number of nitrogens with zero attached hydrogens (tertiary/aromatic N) is 1. The zero-order chi connectivity index (χ0) is 14.5. The summed E-state index contributed by atoms with van der Waals surface area (Å²) in [6.07, 6.45) is 2.12. The molecule has 1 aromatic rings. The maximum atomic E-state index is 10.2. The van der Waals surface area contributed by atoms with Gasteiger partial charge in [0.2, 0.25) is 0 Å². The van der Waals surface area contributed by atoms with E-state index in [1.54, 1.807) is 0 Å². The van der Waals surface area contributed by atoms with Crippen LogP contribution in [0.3, 0.4) is 0 Å². The van der Waals surface area contributed by atoms with Gasteiger partial charge in [0.25, 0.3) is 0 Å². The van der Waals surface area contributed by atoms with Crippen molar-refractivity contribution in [1.29, 1.82) is 0 Å². The van der Waals surface area contributed by atoms with Gasteiger partial charge in [0, 0.05) is 37.8 Å². The second-order valence-electron chi connectivity index (χ2n) is 5.99. The summed E-state index contributed by atoms with van der Waals surface area (Å²) < 4.78 is 0. The van der Waals surface area contributed by atoms with Crippen molar-refractivity contribution in [2.24, 2.45) is 5.92 Å². The Labute approximate surface area is 145 Å². The van der Waals surface area contributed by atoms with Gasteiger partial charge in [-0.25, -0.2) is 0 Å². The predicted octanol–water partition coefficient (Wildman–Crippen LogP) is 3.32. The fourth-order valence-electron chi connectivity index (χ4n) is 2.84. The van der Waals surface area contributed by atoms with Crippen LogP contribution in [0.1, 0.15) is 38.3 Å². The minimum Gasteiger partial charge on any atom is -0.504 e. The number of phenolic OH excluding ortho intramolecular Hbond substituents is 2. The Morgan fingerprint density at radius 1 is 1.09 bits per heavy atom. The molecule has 0 aromatic heterocycles. The zero-order valence-electron chi connectivity index (χ0n) is 13.3. The van der Waals surface area contributed by atoms with Crippen molar-refractivity contribution in [3.63, 3.8) is 0 Å². The molecule has 0 aliphatic carbocycles. The Morgan fingerprint density at radius 2 is 1.73 bits per heavy atom. The van der Waals surface area contributed by atoms with Crippen molar-refractivity contribution in [2.75, 3.05) is 26.2 Å². The van der Waals surface area contributed by atoms with Crippen LogP contribution in [0.15, 0.2) is 18.2 Å². The summed E-state index contributed by atoms with van der Waals surface area (Å²) in [6.45, 7) is 8.37. The Balaban J connectivity index is 0.00000220. The van der Waals surface area contributed by atoms with Crippen molar-refractivity contribution in [3.05, 3.63) is 23.8 Å². The van der Waals surface area contributed by atoms with E-state index in [2.05, 4.69) is 24.1 Å². The van der Waals surface area contributed by atoms with Gasteiger partial charge in [0.05, 0.1) is 0 Å². The lowest BCUT2D eigenvalue weighted by molar-refractivity contribution is 0.157. The SMILES string of the molecule is CC(C)CC[C@@H](c1cccc(O)c1O)N1CCNCC1.Cl.Cl. The molecule has 2 rings (SSSR count).